The molecule has 5 nitrogen and oxygen atoms in total. The molecule has 0 spiro atoms. The van der Waals surface area contributed by atoms with E-state index in [4.69, 9.17) is 4.74 Å². The summed E-state index contributed by atoms with van der Waals surface area (Å²) in [5.74, 6) is -0.234. The predicted octanol–water partition coefficient (Wildman–Crippen LogP) is 1.97. The molecule has 1 unspecified atom stereocenters. The van der Waals surface area contributed by atoms with Crippen LogP contribution in [0.15, 0.2) is 36.5 Å². The second kappa shape index (κ2) is 5.33. The number of nitrogens with zero attached hydrogens (tertiary/aromatic N) is 1. The van der Waals surface area contributed by atoms with Crippen molar-refractivity contribution in [3.63, 3.8) is 0 Å². The molecule has 1 fully saturated rings. The highest BCUT2D eigenvalue weighted by molar-refractivity contribution is 6.01. The maximum Gasteiger partial charge on any atom is 0.259 e. The number of nitrogens with one attached hydrogen (secondary N) is 1. The number of rotatable bonds is 4. The fraction of sp³-hybridized carbons (Fsp3) is 0.375. The van der Waals surface area contributed by atoms with Gasteiger partial charge in [0.25, 0.3) is 5.91 Å². The lowest BCUT2D eigenvalue weighted by Gasteiger charge is -2.27. The largest absolute Gasteiger partial charge is 0.379 e. The highest BCUT2D eigenvalue weighted by Crippen LogP contribution is 2.26. The Labute approximate surface area is 122 Å². The number of carbonyl (C=O) groups excluding carboxylic acids is 2. The molecule has 0 bridgehead atoms. The van der Waals surface area contributed by atoms with Gasteiger partial charge in [-0.2, -0.15) is 0 Å². The molecule has 1 aliphatic rings. The number of amides is 1. The third-order valence-corrected chi connectivity index (χ3v) is 3.94. The van der Waals surface area contributed by atoms with Gasteiger partial charge in [0, 0.05) is 24.6 Å². The summed E-state index contributed by atoms with van der Waals surface area (Å²) in [6.07, 6.45) is 2.58. The van der Waals surface area contributed by atoms with Crippen LogP contribution in [0.1, 0.15) is 24.6 Å². The quantitative estimate of drug-likeness (QED) is 0.934. The number of fused-ring (bicyclic) bond motifs is 1. The number of ether oxygens (including phenoxy) is 1. The maximum atomic E-state index is 13.0. The molecular weight excluding hydrogens is 268 g/mol. The first kappa shape index (κ1) is 13.8. The fourth-order valence-corrected chi connectivity index (χ4v) is 2.82. The molecule has 110 valence electrons. The van der Waals surface area contributed by atoms with Gasteiger partial charge in [-0.3, -0.25) is 14.2 Å². The van der Waals surface area contributed by atoms with Gasteiger partial charge in [-0.25, -0.2) is 0 Å². The summed E-state index contributed by atoms with van der Waals surface area (Å²) in [7, 11) is 0. The van der Waals surface area contributed by atoms with E-state index in [9.17, 15) is 9.59 Å². The average Bonchev–Trinajstić information content (AvgIpc) is 3.09. The molecule has 0 saturated carbocycles. The Bertz CT molecular complexity index is 692. The molecule has 0 radical (unpaired) electrons. The first-order valence-corrected chi connectivity index (χ1v) is 7.16. The monoisotopic (exact) mass is 286 g/mol. The zero-order valence-corrected chi connectivity index (χ0v) is 12.0. The molecule has 2 aromatic rings. The Kier molecular flexibility index (Phi) is 3.51. The smallest absolute Gasteiger partial charge is 0.259 e. The number of benzene rings is 1. The van der Waals surface area contributed by atoms with Gasteiger partial charge in [0.05, 0.1) is 12.1 Å². The summed E-state index contributed by atoms with van der Waals surface area (Å²) in [6.45, 7) is 2.60. The Morgan fingerprint density at radius 3 is 2.90 bits per heavy atom. The van der Waals surface area contributed by atoms with Gasteiger partial charge in [0.1, 0.15) is 5.54 Å². The molecule has 1 saturated heterocycles. The van der Waals surface area contributed by atoms with Crippen LogP contribution in [0.25, 0.3) is 10.9 Å². The maximum absolute atomic E-state index is 13.0. The molecule has 1 atom stereocenters. The van der Waals surface area contributed by atoms with Crippen LogP contribution in [0.3, 0.4) is 0 Å². The summed E-state index contributed by atoms with van der Waals surface area (Å²) < 4.78 is 7.06. The van der Waals surface area contributed by atoms with Crippen molar-refractivity contribution in [3.8, 4) is 0 Å². The summed E-state index contributed by atoms with van der Waals surface area (Å²) in [4.78, 5) is 24.6. The highest BCUT2D eigenvalue weighted by Gasteiger charge is 2.45. The number of aromatic nitrogens is 1. The van der Waals surface area contributed by atoms with Crippen molar-refractivity contribution >= 4 is 22.7 Å². The van der Waals surface area contributed by atoms with Crippen molar-refractivity contribution in [2.75, 3.05) is 13.2 Å². The van der Waals surface area contributed by atoms with Crippen LogP contribution in [-0.2, 0) is 9.53 Å². The molecular formula is C16H18N2O3. The van der Waals surface area contributed by atoms with Crippen LogP contribution in [-0.4, -0.2) is 35.1 Å². The Morgan fingerprint density at radius 1 is 1.38 bits per heavy atom. The molecule has 1 aliphatic heterocycles. The third kappa shape index (κ3) is 2.34. The highest BCUT2D eigenvalue weighted by atomic mass is 16.5. The Balaban J connectivity index is 1.99. The van der Waals surface area contributed by atoms with Crippen LogP contribution < -0.4 is 5.32 Å². The molecule has 0 aliphatic carbocycles. The SMILES string of the molecule is CCOCC1(C(=O)n2ccc3ccccc32)CCC(=O)N1. The van der Waals surface area contributed by atoms with Crippen LogP contribution in [0.2, 0.25) is 0 Å². The lowest BCUT2D eigenvalue weighted by Crippen LogP contribution is -2.54. The van der Waals surface area contributed by atoms with E-state index in [0.29, 0.717) is 19.4 Å². The minimum Gasteiger partial charge on any atom is -0.379 e. The fourth-order valence-electron chi connectivity index (χ4n) is 2.82. The zero-order chi connectivity index (χ0) is 14.9. The van der Waals surface area contributed by atoms with Crippen molar-refractivity contribution in [1.82, 2.24) is 9.88 Å². The van der Waals surface area contributed by atoms with Crippen molar-refractivity contribution in [2.45, 2.75) is 25.3 Å². The second-order valence-electron chi connectivity index (χ2n) is 5.32. The van der Waals surface area contributed by atoms with Crippen molar-refractivity contribution < 1.29 is 14.3 Å². The van der Waals surface area contributed by atoms with E-state index in [0.717, 1.165) is 10.9 Å². The predicted molar refractivity (Wildman–Crippen MR) is 79.2 cm³/mol. The summed E-state index contributed by atoms with van der Waals surface area (Å²) >= 11 is 0. The number of hydrogen-bond donors (Lipinski definition) is 1. The number of hydrogen-bond acceptors (Lipinski definition) is 3. The third-order valence-electron chi connectivity index (χ3n) is 3.94. The molecule has 21 heavy (non-hydrogen) atoms. The average molecular weight is 286 g/mol. The lowest BCUT2D eigenvalue weighted by atomic mass is 9.97. The normalized spacial score (nSPS) is 21.7. The van der Waals surface area contributed by atoms with Crippen LogP contribution in [0.4, 0.5) is 0 Å². The second-order valence-corrected chi connectivity index (χ2v) is 5.32. The molecule has 1 amide bonds. The molecule has 5 heteroatoms. The van der Waals surface area contributed by atoms with Crippen LogP contribution in [0, 0.1) is 0 Å². The van der Waals surface area contributed by atoms with E-state index in [1.807, 2.05) is 37.3 Å². The minimum absolute atomic E-state index is 0.0977. The van der Waals surface area contributed by atoms with E-state index in [2.05, 4.69) is 5.32 Å². The zero-order valence-electron chi connectivity index (χ0n) is 12.0. The van der Waals surface area contributed by atoms with Gasteiger partial charge in [0.15, 0.2) is 0 Å². The van der Waals surface area contributed by atoms with Gasteiger partial charge in [0.2, 0.25) is 5.91 Å². The van der Waals surface area contributed by atoms with Gasteiger partial charge >= 0.3 is 0 Å². The standard InChI is InChI=1S/C16H18N2O3/c1-2-21-11-16(9-7-14(19)17-16)15(20)18-10-8-12-5-3-4-6-13(12)18/h3-6,8,10H,2,7,9,11H2,1H3,(H,17,19). The minimum atomic E-state index is -0.950. The molecule has 2 heterocycles. The van der Waals surface area contributed by atoms with Gasteiger partial charge in [-0.05, 0) is 25.5 Å². The summed E-state index contributed by atoms with van der Waals surface area (Å²) in [5, 5.41) is 3.82. The first-order chi connectivity index (χ1) is 10.2. The molecule has 1 aromatic carbocycles. The summed E-state index contributed by atoms with van der Waals surface area (Å²) in [5.41, 5.74) is -0.103. The van der Waals surface area contributed by atoms with E-state index in [1.165, 1.54) is 0 Å². The Hall–Kier alpha value is -2.14. The van der Waals surface area contributed by atoms with Gasteiger partial charge < -0.3 is 10.1 Å². The van der Waals surface area contributed by atoms with Crippen molar-refractivity contribution in [3.05, 3.63) is 36.5 Å². The molecule has 3 rings (SSSR count). The molecule has 1 aromatic heterocycles. The number of carbonyl (C=O) groups is 2. The summed E-state index contributed by atoms with van der Waals surface area (Å²) in [6, 6.07) is 9.59. The topological polar surface area (TPSA) is 60.3 Å². The lowest BCUT2D eigenvalue weighted by molar-refractivity contribution is -0.120. The molecule has 1 N–H and O–H groups in total. The van der Waals surface area contributed by atoms with Crippen molar-refractivity contribution in [2.24, 2.45) is 0 Å². The van der Waals surface area contributed by atoms with E-state index in [1.54, 1.807) is 10.8 Å². The van der Waals surface area contributed by atoms with E-state index in [-0.39, 0.29) is 18.4 Å². The number of para-hydroxylation sites is 1. The van der Waals surface area contributed by atoms with Crippen LogP contribution >= 0.6 is 0 Å². The van der Waals surface area contributed by atoms with Crippen LogP contribution in [0.5, 0.6) is 0 Å². The first-order valence-electron chi connectivity index (χ1n) is 7.16. The van der Waals surface area contributed by atoms with Crippen molar-refractivity contribution in [1.29, 1.82) is 0 Å². The van der Waals surface area contributed by atoms with E-state index >= 15 is 0 Å². The Morgan fingerprint density at radius 2 is 2.19 bits per heavy atom. The van der Waals surface area contributed by atoms with Gasteiger partial charge in [-0.1, -0.05) is 18.2 Å². The van der Waals surface area contributed by atoms with Gasteiger partial charge in [-0.15, -0.1) is 0 Å². The van der Waals surface area contributed by atoms with E-state index < -0.39 is 5.54 Å².